The fourth-order valence-corrected chi connectivity index (χ4v) is 5.47. The molecule has 1 aliphatic heterocycles. The topological polar surface area (TPSA) is 51.1 Å². The molecule has 0 aromatic heterocycles. The molecule has 9 heteroatoms. The molecule has 1 amide bonds. The Labute approximate surface area is 252 Å². The van der Waals surface area contributed by atoms with E-state index < -0.39 is 0 Å². The van der Waals surface area contributed by atoms with Gasteiger partial charge in [0.15, 0.2) is 16.7 Å². The SMILES string of the molecule is CCOc1cc(/C=C2\SC(=Nc3ccc(Cl)cc3)N(c3ccc(Cl)cc3)C2=O)cc(Cl)c1OCc1ccccc1. The predicted molar refractivity (Wildman–Crippen MR) is 166 cm³/mol. The maximum atomic E-state index is 13.7. The van der Waals surface area contributed by atoms with Gasteiger partial charge < -0.3 is 9.47 Å². The number of hydrogen-bond acceptors (Lipinski definition) is 5. The van der Waals surface area contributed by atoms with Gasteiger partial charge in [0.25, 0.3) is 5.91 Å². The summed E-state index contributed by atoms with van der Waals surface area (Å²) < 4.78 is 11.9. The number of benzene rings is 4. The monoisotopic (exact) mass is 608 g/mol. The average Bonchev–Trinajstić information content (AvgIpc) is 3.24. The summed E-state index contributed by atoms with van der Waals surface area (Å²) in [5.74, 6) is 0.726. The van der Waals surface area contributed by atoms with Gasteiger partial charge in [-0.05, 0) is 96.6 Å². The lowest BCUT2D eigenvalue weighted by molar-refractivity contribution is -0.113. The Morgan fingerprint density at radius 2 is 1.55 bits per heavy atom. The first-order valence-corrected chi connectivity index (χ1v) is 14.3. The van der Waals surface area contributed by atoms with Crippen LogP contribution in [-0.4, -0.2) is 17.7 Å². The molecule has 0 spiro atoms. The molecule has 0 atom stereocenters. The molecule has 1 saturated heterocycles. The van der Waals surface area contributed by atoms with Gasteiger partial charge in [-0.25, -0.2) is 4.99 Å². The van der Waals surface area contributed by atoms with Crippen molar-refractivity contribution in [1.82, 2.24) is 0 Å². The molecule has 0 aliphatic carbocycles. The van der Waals surface area contributed by atoms with E-state index >= 15 is 0 Å². The van der Waals surface area contributed by atoms with Gasteiger partial charge in [-0.2, -0.15) is 0 Å². The van der Waals surface area contributed by atoms with Gasteiger partial charge in [-0.1, -0.05) is 65.1 Å². The van der Waals surface area contributed by atoms with E-state index in [1.54, 1.807) is 65.6 Å². The molecule has 4 aromatic carbocycles. The number of rotatable bonds is 8. The first-order chi connectivity index (χ1) is 19.4. The fraction of sp³-hybridized carbons (Fsp3) is 0.0968. The minimum Gasteiger partial charge on any atom is -0.490 e. The lowest BCUT2D eigenvalue weighted by Gasteiger charge is -2.16. The standard InChI is InChI=1S/C31H23Cl3N2O3S/c1-2-38-27-17-21(16-26(34)29(27)39-19-20-6-4-3-5-7-20)18-28-30(37)36(25-14-10-23(33)11-15-25)31(40-28)35-24-12-8-22(32)9-13-24/h3-18H,2,19H2,1H3/b28-18-,35-31?. The predicted octanol–water partition coefficient (Wildman–Crippen LogP) is 9.43. The van der Waals surface area contributed by atoms with Gasteiger partial charge in [0, 0.05) is 10.0 Å². The molecular formula is C31H23Cl3N2O3S. The first-order valence-electron chi connectivity index (χ1n) is 12.4. The summed E-state index contributed by atoms with van der Waals surface area (Å²) in [6.45, 7) is 2.66. The Morgan fingerprint density at radius 1 is 0.875 bits per heavy atom. The average molecular weight is 610 g/mol. The number of nitrogens with zero attached hydrogens (tertiary/aromatic N) is 2. The fourth-order valence-electron chi connectivity index (χ4n) is 3.95. The molecule has 1 fully saturated rings. The molecule has 1 heterocycles. The van der Waals surface area contributed by atoms with Gasteiger partial charge in [-0.15, -0.1) is 0 Å². The first kappa shape index (κ1) is 28.1. The number of amides is 1. The molecule has 0 unspecified atom stereocenters. The van der Waals surface area contributed by atoms with E-state index in [0.717, 1.165) is 5.56 Å². The van der Waals surface area contributed by atoms with Crippen LogP contribution in [0.1, 0.15) is 18.1 Å². The highest BCUT2D eigenvalue weighted by Crippen LogP contribution is 2.41. The zero-order chi connectivity index (χ0) is 28.1. The number of thioether (sulfide) groups is 1. The molecule has 0 bridgehead atoms. The number of ether oxygens (including phenoxy) is 2. The number of aliphatic imine (C=N–C) groups is 1. The van der Waals surface area contributed by atoms with Crippen LogP contribution in [0.5, 0.6) is 11.5 Å². The zero-order valence-electron chi connectivity index (χ0n) is 21.3. The van der Waals surface area contributed by atoms with Gasteiger partial charge in [-0.3, -0.25) is 9.69 Å². The second kappa shape index (κ2) is 12.8. The highest BCUT2D eigenvalue weighted by molar-refractivity contribution is 8.19. The van der Waals surface area contributed by atoms with Crippen LogP contribution in [0.3, 0.4) is 0 Å². The Morgan fingerprint density at radius 3 is 2.23 bits per heavy atom. The van der Waals surface area contributed by atoms with Crippen molar-refractivity contribution in [3.05, 3.63) is 122 Å². The largest absolute Gasteiger partial charge is 0.490 e. The van der Waals surface area contributed by atoms with Crippen molar-refractivity contribution < 1.29 is 14.3 Å². The molecule has 5 nitrogen and oxygen atoms in total. The number of carbonyl (C=O) groups excluding carboxylic acids is 1. The summed E-state index contributed by atoms with van der Waals surface area (Å²) in [5, 5.41) is 2.06. The smallest absolute Gasteiger partial charge is 0.271 e. The molecule has 0 saturated carbocycles. The Bertz CT molecular complexity index is 1570. The van der Waals surface area contributed by atoms with Crippen molar-refractivity contribution in [3.63, 3.8) is 0 Å². The molecule has 0 N–H and O–H groups in total. The third-order valence-electron chi connectivity index (χ3n) is 5.80. The van der Waals surface area contributed by atoms with Crippen molar-refractivity contribution in [2.45, 2.75) is 13.5 Å². The van der Waals surface area contributed by atoms with Crippen LogP contribution in [0.25, 0.3) is 6.08 Å². The van der Waals surface area contributed by atoms with E-state index in [1.165, 1.54) is 11.8 Å². The molecule has 5 rings (SSSR count). The third-order valence-corrected chi connectivity index (χ3v) is 7.55. The molecular weight excluding hydrogens is 587 g/mol. The van der Waals surface area contributed by atoms with Crippen molar-refractivity contribution >= 4 is 75.1 Å². The minimum atomic E-state index is -0.224. The highest BCUT2D eigenvalue weighted by atomic mass is 35.5. The lowest BCUT2D eigenvalue weighted by Crippen LogP contribution is -2.28. The summed E-state index contributed by atoms with van der Waals surface area (Å²) in [4.78, 5) is 20.5. The minimum absolute atomic E-state index is 0.224. The van der Waals surface area contributed by atoms with Gasteiger partial charge >= 0.3 is 0 Å². The summed E-state index contributed by atoms with van der Waals surface area (Å²) in [6.07, 6.45) is 1.77. The van der Waals surface area contributed by atoms with Crippen LogP contribution < -0.4 is 14.4 Å². The molecule has 40 heavy (non-hydrogen) atoms. The lowest BCUT2D eigenvalue weighted by atomic mass is 10.1. The number of halogens is 3. The number of hydrogen-bond donors (Lipinski definition) is 0. The highest BCUT2D eigenvalue weighted by Gasteiger charge is 2.35. The molecule has 202 valence electrons. The second-order valence-corrected chi connectivity index (χ2v) is 10.9. The third kappa shape index (κ3) is 6.65. The van der Waals surface area contributed by atoms with Crippen molar-refractivity contribution in [1.29, 1.82) is 0 Å². The van der Waals surface area contributed by atoms with Gasteiger partial charge in [0.05, 0.1) is 27.9 Å². The van der Waals surface area contributed by atoms with Crippen LogP contribution in [0.4, 0.5) is 11.4 Å². The van der Waals surface area contributed by atoms with Crippen LogP contribution in [0.2, 0.25) is 15.1 Å². The zero-order valence-corrected chi connectivity index (χ0v) is 24.4. The van der Waals surface area contributed by atoms with Crippen LogP contribution in [0, 0.1) is 0 Å². The van der Waals surface area contributed by atoms with E-state index in [-0.39, 0.29) is 5.91 Å². The van der Waals surface area contributed by atoms with E-state index in [2.05, 4.69) is 0 Å². The van der Waals surface area contributed by atoms with Crippen LogP contribution >= 0.6 is 46.6 Å². The maximum Gasteiger partial charge on any atom is 0.271 e. The van der Waals surface area contributed by atoms with Crippen LogP contribution in [0.15, 0.2) is 101 Å². The molecule has 1 aliphatic rings. The van der Waals surface area contributed by atoms with E-state index in [4.69, 9.17) is 49.3 Å². The summed E-state index contributed by atoms with van der Waals surface area (Å²) >= 11 is 20.1. The van der Waals surface area contributed by atoms with Crippen molar-refractivity contribution in [2.24, 2.45) is 4.99 Å². The Kier molecular flexibility index (Phi) is 9.02. The second-order valence-electron chi connectivity index (χ2n) is 8.64. The molecule has 0 radical (unpaired) electrons. The maximum absolute atomic E-state index is 13.7. The Balaban J connectivity index is 1.49. The van der Waals surface area contributed by atoms with E-state index in [9.17, 15) is 4.79 Å². The number of anilines is 1. The number of amidine groups is 1. The molecule has 4 aromatic rings. The summed E-state index contributed by atoms with van der Waals surface area (Å²) in [7, 11) is 0. The number of carbonyl (C=O) groups is 1. The Hall–Kier alpha value is -3.42. The van der Waals surface area contributed by atoms with Gasteiger partial charge in [0.1, 0.15) is 6.61 Å². The van der Waals surface area contributed by atoms with Gasteiger partial charge in [0.2, 0.25) is 0 Å². The summed E-state index contributed by atoms with van der Waals surface area (Å²) in [6, 6.07) is 27.5. The van der Waals surface area contributed by atoms with E-state index in [1.807, 2.05) is 43.3 Å². The normalized spacial score (nSPS) is 15.2. The summed E-state index contributed by atoms with van der Waals surface area (Å²) in [5.41, 5.74) is 3.02. The van der Waals surface area contributed by atoms with E-state index in [0.29, 0.717) is 66.8 Å². The quantitative estimate of drug-likeness (QED) is 0.187. The van der Waals surface area contributed by atoms with Crippen LogP contribution in [-0.2, 0) is 11.4 Å². The van der Waals surface area contributed by atoms with Crippen molar-refractivity contribution in [3.8, 4) is 11.5 Å². The van der Waals surface area contributed by atoms with Crippen molar-refractivity contribution in [2.75, 3.05) is 11.5 Å².